The van der Waals surface area contributed by atoms with Gasteiger partial charge in [0.25, 0.3) is 5.91 Å². The van der Waals surface area contributed by atoms with Crippen LogP contribution in [0.2, 0.25) is 5.02 Å². The largest absolute Gasteiger partial charge is 0.372 e. The van der Waals surface area contributed by atoms with Gasteiger partial charge in [0.05, 0.1) is 16.4 Å². The van der Waals surface area contributed by atoms with Crippen LogP contribution in [0.4, 0.5) is 11.4 Å². The van der Waals surface area contributed by atoms with Crippen molar-refractivity contribution in [2.24, 2.45) is 0 Å². The molecule has 3 aromatic rings. The number of hydrogen-bond acceptors (Lipinski definition) is 3. The van der Waals surface area contributed by atoms with Crippen LogP contribution in [-0.2, 0) is 15.2 Å². The first-order valence-electron chi connectivity index (χ1n) is 9.16. The highest BCUT2D eigenvalue weighted by molar-refractivity contribution is 6.33. The molecule has 2 amide bonds. The summed E-state index contributed by atoms with van der Waals surface area (Å²) in [6.07, 6.45) is 0. The maximum absolute atomic E-state index is 13.3. The molecule has 1 aliphatic heterocycles. The van der Waals surface area contributed by atoms with Crippen LogP contribution in [0, 0.1) is 6.92 Å². The molecule has 146 valence electrons. The van der Waals surface area contributed by atoms with Gasteiger partial charge in [0.15, 0.2) is 5.60 Å². The fraction of sp³-hybridized carbons (Fsp3) is 0.130. The number of para-hydroxylation sites is 2. The molecule has 0 saturated heterocycles. The zero-order valence-electron chi connectivity index (χ0n) is 15.7. The number of anilines is 2. The minimum Gasteiger partial charge on any atom is -0.372 e. The summed E-state index contributed by atoms with van der Waals surface area (Å²) < 4.78 is 0. The minimum atomic E-state index is -1.84. The van der Waals surface area contributed by atoms with Crippen molar-refractivity contribution >= 4 is 34.8 Å². The molecule has 6 heteroatoms. The number of fused-ring (bicyclic) bond motifs is 1. The lowest BCUT2D eigenvalue weighted by Crippen LogP contribution is -2.44. The Bertz CT molecular complexity index is 1110. The molecule has 4 rings (SSSR count). The van der Waals surface area contributed by atoms with Crippen LogP contribution >= 0.6 is 11.6 Å². The third kappa shape index (κ3) is 3.28. The number of carbonyl (C=O) groups is 2. The molecular weight excluding hydrogens is 388 g/mol. The number of carbonyl (C=O) groups excluding carboxylic acids is 2. The molecule has 0 fully saturated rings. The summed E-state index contributed by atoms with van der Waals surface area (Å²) in [5.74, 6) is -0.964. The number of hydrogen-bond donors (Lipinski definition) is 2. The van der Waals surface area contributed by atoms with Gasteiger partial charge in [0, 0.05) is 5.56 Å². The molecule has 29 heavy (non-hydrogen) atoms. The highest BCUT2D eigenvalue weighted by Crippen LogP contribution is 2.44. The van der Waals surface area contributed by atoms with Gasteiger partial charge in [-0.05, 0) is 30.7 Å². The van der Waals surface area contributed by atoms with E-state index in [1.54, 1.807) is 66.7 Å². The van der Waals surface area contributed by atoms with Crippen molar-refractivity contribution in [3.63, 3.8) is 0 Å². The Balaban J connectivity index is 1.68. The summed E-state index contributed by atoms with van der Waals surface area (Å²) in [6.45, 7) is 1.65. The molecule has 0 saturated carbocycles. The number of benzene rings is 3. The van der Waals surface area contributed by atoms with E-state index in [-0.39, 0.29) is 6.54 Å². The lowest BCUT2D eigenvalue weighted by Gasteiger charge is -2.24. The highest BCUT2D eigenvalue weighted by Gasteiger charge is 2.51. The zero-order valence-corrected chi connectivity index (χ0v) is 16.5. The maximum atomic E-state index is 13.3. The second-order valence-corrected chi connectivity index (χ2v) is 7.42. The molecule has 0 bridgehead atoms. The molecule has 0 radical (unpaired) electrons. The van der Waals surface area contributed by atoms with Crippen LogP contribution in [0.3, 0.4) is 0 Å². The van der Waals surface area contributed by atoms with Crippen molar-refractivity contribution in [1.29, 1.82) is 0 Å². The van der Waals surface area contributed by atoms with Gasteiger partial charge in [0.2, 0.25) is 5.91 Å². The molecule has 1 unspecified atom stereocenters. The number of aryl methyl sites for hydroxylation is 1. The van der Waals surface area contributed by atoms with Crippen molar-refractivity contribution in [1.82, 2.24) is 0 Å². The van der Waals surface area contributed by atoms with Gasteiger partial charge in [-0.2, -0.15) is 0 Å². The van der Waals surface area contributed by atoms with Gasteiger partial charge in [-0.25, -0.2) is 0 Å². The van der Waals surface area contributed by atoms with Crippen LogP contribution in [-0.4, -0.2) is 23.5 Å². The lowest BCUT2D eigenvalue weighted by molar-refractivity contribution is -0.133. The predicted octanol–water partition coefficient (Wildman–Crippen LogP) is 3.87. The van der Waals surface area contributed by atoms with E-state index in [9.17, 15) is 14.7 Å². The van der Waals surface area contributed by atoms with Crippen molar-refractivity contribution in [2.45, 2.75) is 12.5 Å². The summed E-state index contributed by atoms with van der Waals surface area (Å²) in [7, 11) is 0. The summed E-state index contributed by atoms with van der Waals surface area (Å²) >= 11 is 6.10. The third-order valence-corrected chi connectivity index (χ3v) is 5.35. The number of nitrogens with zero attached hydrogens (tertiary/aromatic N) is 1. The SMILES string of the molecule is Cc1cccc(C2(O)C(=O)N(CC(=O)Nc3ccccc3Cl)c3ccccc32)c1. The van der Waals surface area contributed by atoms with E-state index in [4.69, 9.17) is 11.6 Å². The molecular formula is C23H19ClN2O3. The van der Waals surface area contributed by atoms with Crippen LogP contribution in [0.5, 0.6) is 0 Å². The van der Waals surface area contributed by atoms with Gasteiger partial charge in [-0.1, -0.05) is 71.8 Å². The van der Waals surface area contributed by atoms with Gasteiger partial charge >= 0.3 is 0 Å². The Morgan fingerprint density at radius 2 is 1.79 bits per heavy atom. The minimum absolute atomic E-state index is 0.241. The fourth-order valence-electron chi connectivity index (χ4n) is 3.64. The van der Waals surface area contributed by atoms with Crippen molar-refractivity contribution in [3.05, 3.63) is 94.5 Å². The van der Waals surface area contributed by atoms with Crippen molar-refractivity contribution in [3.8, 4) is 0 Å². The summed E-state index contributed by atoms with van der Waals surface area (Å²) in [5.41, 5.74) is 0.998. The van der Waals surface area contributed by atoms with Crippen molar-refractivity contribution < 1.29 is 14.7 Å². The first-order chi connectivity index (χ1) is 13.9. The average molecular weight is 407 g/mol. The van der Waals surface area contributed by atoms with E-state index >= 15 is 0 Å². The summed E-state index contributed by atoms with van der Waals surface area (Å²) in [4.78, 5) is 27.3. The first-order valence-corrected chi connectivity index (χ1v) is 9.54. The molecule has 1 atom stereocenters. The lowest BCUT2D eigenvalue weighted by atomic mass is 9.87. The number of aliphatic hydroxyl groups is 1. The Morgan fingerprint density at radius 3 is 2.55 bits per heavy atom. The number of amides is 2. The molecule has 2 N–H and O–H groups in total. The van der Waals surface area contributed by atoms with E-state index in [2.05, 4.69) is 5.32 Å². The normalized spacial score (nSPS) is 17.9. The second-order valence-electron chi connectivity index (χ2n) is 7.02. The van der Waals surface area contributed by atoms with Crippen LogP contribution in [0.15, 0.2) is 72.8 Å². The molecule has 1 heterocycles. The Kier molecular flexibility index (Phi) is 4.86. The third-order valence-electron chi connectivity index (χ3n) is 5.02. The van der Waals surface area contributed by atoms with Gasteiger partial charge in [-0.3, -0.25) is 14.5 Å². The van der Waals surface area contributed by atoms with E-state index < -0.39 is 17.4 Å². The van der Waals surface area contributed by atoms with Gasteiger partial charge in [-0.15, -0.1) is 0 Å². The predicted molar refractivity (Wildman–Crippen MR) is 113 cm³/mol. The van der Waals surface area contributed by atoms with Gasteiger partial charge in [0.1, 0.15) is 6.54 Å². The quantitative estimate of drug-likeness (QED) is 0.691. The Morgan fingerprint density at radius 1 is 1.07 bits per heavy atom. The number of rotatable bonds is 4. The zero-order chi connectivity index (χ0) is 20.6. The average Bonchev–Trinajstić information content (AvgIpc) is 2.93. The Hall–Kier alpha value is -3.15. The summed E-state index contributed by atoms with van der Waals surface area (Å²) in [6, 6.07) is 21.0. The Labute approximate surface area is 173 Å². The van der Waals surface area contributed by atoms with Crippen molar-refractivity contribution in [2.75, 3.05) is 16.8 Å². The topological polar surface area (TPSA) is 69.6 Å². The van der Waals surface area contributed by atoms with Crippen LogP contribution in [0.1, 0.15) is 16.7 Å². The van der Waals surface area contributed by atoms with E-state index in [0.717, 1.165) is 5.56 Å². The summed E-state index contributed by atoms with van der Waals surface area (Å²) in [5, 5.41) is 14.6. The fourth-order valence-corrected chi connectivity index (χ4v) is 3.82. The maximum Gasteiger partial charge on any atom is 0.268 e. The smallest absolute Gasteiger partial charge is 0.268 e. The molecule has 0 aliphatic carbocycles. The van der Waals surface area contributed by atoms with E-state index in [0.29, 0.717) is 27.5 Å². The van der Waals surface area contributed by atoms with Crippen LogP contribution in [0.25, 0.3) is 0 Å². The standard InChI is InChI=1S/C23H19ClN2O3/c1-15-7-6-8-16(13-15)23(29)17-9-2-5-12-20(17)26(22(23)28)14-21(27)25-19-11-4-3-10-18(19)24/h2-13,29H,14H2,1H3,(H,25,27). The van der Waals surface area contributed by atoms with E-state index in [1.165, 1.54) is 4.90 Å². The molecule has 0 aromatic heterocycles. The number of nitrogens with one attached hydrogen (secondary N) is 1. The molecule has 3 aromatic carbocycles. The number of halogens is 1. The molecule has 1 aliphatic rings. The van der Waals surface area contributed by atoms with E-state index in [1.807, 2.05) is 13.0 Å². The van der Waals surface area contributed by atoms with Gasteiger partial charge < -0.3 is 10.4 Å². The molecule has 0 spiro atoms. The monoisotopic (exact) mass is 406 g/mol. The second kappa shape index (κ2) is 7.35. The highest BCUT2D eigenvalue weighted by atomic mass is 35.5. The molecule has 5 nitrogen and oxygen atoms in total. The van der Waals surface area contributed by atoms with Crippen LogP contribution < -0.4 is 10.2 Å². The first kappa shape index (κ1) is 19.2.